The number of β-amino-alcohol motifs (C(OH)–C–C–N with tert-alkyl or cyclic N) is 1. The molecule has 24 heavy (non-hydrogen) atoms. The number of aliphatic hydroxyl groups is 1. The molecule has 3 nitrogen and oxygen atoms in total. The fraction of sp³-hybridized carbons (Fsp3) is 0.857. The van der Waals surface area contributed by atoms with Crippen LogP contribution < -0.4 is 0 Å². The average molecular weight is 337 g/mol. The summed E-state index contributed by atoms with van der Waals surface area (Å²) in [6.07, 6.45) is 21.9. The van der Waals surface area contributed by atoms with Crippen molar-refractivity contribution in [3.63, 3.8) is 0 Å². The summed E-state index contributed by atoms with van der Waals surface area (Å²) in [7, 11) is 0. The minimum absolute atomic E-state index is 0.240. The molecule has 0 spiro atoms. The van der Waals surface area contributed by atoms with Gasteiger partial charge in [0.15, 0.2) is 0 Å². The molecule has 0 saturated carbocycles. The van der Waals surface area contributed by atoms with Gasteiger partial charge in [0, 0.05) is 19.5 Å². The molecule has 0 radical (unpaired) electrons. The molecule has 3 heteroatoms. The summed E-state index contributed by atoms with van der Waals surface area (Å²) < 4.78 is 0. The summed E-state index contributed by atoms with van der Waals surface area (Å²) in [5, 5.41) is 9.04. The lowest BCUT2D eigenvalue weighted by Gasteiger charge is -2.18. The van der Waals surface area contributed by atoms with Crippen LogP contribution in [0.1, 0.15) is 90.4 Å². The summed E-state index contributed by atoms with van der Waals surface area (Å²) in [5.41, 5.74) is 0. The molecule has 0 unspecified atom stereocenters. The first-order valence-corrected chi connectivity index (χ1v) is 10.4. The summed E-state index contributed by atoms with van der Waals surface area (Å²) >= 11 is 0. The highest BCUT2D eigenvalue weighted by atomic mass is 16.3. The third-order valence-corrected chi connectivity index (χ3v) is 4.81. The molecule has 0 aromatic carbocycles. The smallest absolute Gasteiger partial charge is 0.0991 e. The zero-order chi connectivity index (χ0) is 17.3. The van der Waals surface area contributed by atoms with Crippen LogP contribution in [-0.4, -0.2) is 42.1 Å². The van der Waals surface area contributed by atoms with Crippen molar-refractivity contribution in [3.8, 4) is 0 Å². The minimum atomic E-state index is 0.240. The normalized spacial score (nSPS) is 14.8. The van der Waals surface area contributed by atoms with Crippen LogP contribution in [0.4, 0.5) is 0 Å². The molecular formula is C21H40N2O. The number of nitrogens with zero attached hydrogens (tertiary/aromatic N) is 2. The molecule has 0 aromatic rings. The SMILES string of the molecule is CCCCCCCC/C=C/CCCCCCC1=NCCN1CCO. The number of aliphatic imine (C=N–C) groups is 1. The van der Waals surface area contributed by atoms with Crippen molar-refractivity contribution in [1.29, 1.82) is 0 Å². The monoisotopic (exact) mass is 336 g/mol. The predicted molar refractivity (Wildman–Crippen MR) is 106 cm³/mol. The van der Waals surface area contributed by atoms with E-state index >= 15 is 0 Å². The lowest BCUT2D eigenvalue weighted by Crippen LogP contribution is -2.30. The van der Waals surface area contributed by atoms with Gasteiger partial charge in [0.25, 0.3) is 0 Å². The van der Waals surface area contributed by atoms with E-state index in [-0.39, 0.29) is 6.61 Å². The fourth-order valence-electron chi connectivity index (χ4n) is 3.30. The molecule has 1 rings (SSSR count). The van der Waals surface area contributed by atoms with Gasteiger partial charge < -0.3 is 10.0 Å². The molecule has 0 bridgehead atoms. The second kappa shape index (κ2) is 15.7. The second-order valence-electron chi connectivity index (χ2n) is 6.99. The zero-order valence-electron chi connectivity index (χ0n) is 16.0. The quantitative estimate of drug-likeness (QED) is 0.305. The number of rotatable bonds is 16. The standard InChI is InChI=1S/C21H40N2O/c1-2-3-4-5-6-7-8-9-10-11-12-13-14-15-16-21-22-17-18-23(21)19-20-24/h9-10,24H,2-8,11-20H2,1H3/b10-9+. The van der Waals surface area contributed by atoms with Crippen molar-refractivity contribution in [1.82, 2.24) is 4.90 Å². The van der Waals surface area contributed by atoms with Gasteiger partial charge in [0.05, 0.1) is 19.0 Å². The van der Waals surface area contributed by atoms with Gasteiger partial charge in [-0.05, 0) is 32.1 Å². The summed E-state index contributed by atoms with van der Waals surface area (Å²) in [6, 6.07) is 0. The Kier molecular flexibility index (Phi) is 13.9. The van der Waals surface area contributed by atoms with Crippen molar-refractivity contribution in [2.24, 2.45) is 4.99 Å². The molecule has 1 N–H and O–H groups in total. The second-order valence-corrected chi connectivity index (χ2v) is 6.99. The largest absolute Gasteiger partial charge is 0.395 e. The maximum Gasteiger partial charge on any atom is 0.0991 e. The highest BCUT2D eigenvalue weighted by Crippen LogP contribution is 2.12. The molecule has 140 valence electrons. The lowest BCUT2D eigenvalue weighted by atomic mass is 10.1. The van der Waals surface area contributed by atoms with Gasteiger partial charge in [-0.3, -0.25) is 4.99 Å². The summed E-state index contributed by atoms with van der Waals surface area (Å²) in [4.78, 5) is 6.80. The van der Waals surface area contributed by atoms with E-state index in [9.17, 15) is 0 Å². The molecule has 1 aliphatic heterocycles. The number of unbranched alkanes of at least 4 members (excludes halogenated alkanes) is 10. The zero-order valence-corrected chi connectivity index (χ0v) is 16.0. The molecule has 0 saturated heterocycles. The van der Waals surface area contributed by atoms with Crippen LogP contribution >= 0.6 is 0 Å². The first kappa shape index (κ1) is 21.2. The Balaban J connectivity index is 1.84. The molecule has 0 fully saturated rings. The van der Waals surface area contributed by atoms with Crippen LogP contribution in [0, 0.1) is 0 Å². The first-order chi connectivity index (χ1) is 11.9. The Bertz CT molecular complexity index is 339. The predicted octanol–water partition coefficient (Wildman–Crippen LogP) is 5.34. The van der Waals surface area contributed by atoms with E-state index in [0.29, 0.717) is 0 Å². The van der Waals surface area contributed by atoms with E-state index in [1.54, 1.807) is 0 Å². The van der Waals surface area contributed by atoms with Gasteiger partial charge in [0.1, 0.15) is 0 Å². The van der Waals surface area contributed by atoms with Gasteiger partial charge in [-0.2, -0.15) is 0 Å². The number of hydrogen-bond acceptors (Lipinski definition) is 3. The highest BCUT2D eigenvalue weighted by molar-refractivity contribution is 5.83. The number of hydrogen-bond donors (Lipinski definition) is 1. The van der Waals surface area contributed by atoms with Gasteiger partial charge in [-0.1, -0.05) is 64.0 Å². The maximum atomic E-state index is 9.04. The number of aliphatic hydroxyl groups excluding tert-OH is 1. The van der Waals surface area contributed by atoms with Gasteiger partial charge >= 0.3 is 0 Å². The number of amidine groups is 1. The molecule has 0 aliphatic carbocycles. The van der Waals surface area contributed by atoms with Crippen molar-refractivity contribution in [2.45, 2.75) is 90.4 Å². The fourth-order valence-corrected chi connectivity index (χ4v) is 3.30. The minimum Gasteiger partial charge on any atom is -0.395 e. The third-order valence-electron chi connectivity index (χ3n) is 4.81. The van der Waals surface area contributed by atoms with E-state index in [1.807, 2.05) is 0 Å². The van der Waals surface area contributed by atoms with E-state index in [1.165, 1.54) is 82.9 Å². The first-order valence-electron chi connectivity index (χ1n) is 10.4. The number of allylic oxidation sites excluding steroid dienone is 2. The van der Waals surface area contributed by atoms with Crippen LogP contribution in [0.5, 0.6) is 0 Å². The van der Waals surface area contributed by atoms with E-state index < -0.39 is 0 Å². The van der Waals surface area contributed by atoms with Crippen LogP contribution in [0.25, 0.3) is 0 Å². The Morgan fingerprint density at radius 3 is 2.21 bits per heavy atom. The molecule has 0 amide bonds. The van der Waals surface area contributed by atoms with Gasteiger partial charge in [-0.25, -0.2) is 0 Å². The van der Waals surface area contributed by atoms with Crippen LogP contribution in [0.3, 0.4) is 0 Å². The van der Waals surface area contributed by atoms with E-state index in [2.05, 4.69) is 29.0 Å². The molecule has 1 aliphatic rings. The van der Waals surface area contributed by atoms with Crippen molar-refractivity contribution in [3.05, 3.63) is 12.2 Å². The molecule has 0 atom stereocenters. The molecule has 0 aromatic heterocycles. The Morgan fingerprint density at radius 1 is 0.917 bits per heavy atom. The highest BCUT2D eigenvalue weighted by Gasteiger charge is 2.14. The lowest BCUT2D eigenvalue weighted by molar-refractivity contribution is 0.255. The van der Waals surface area contributed by atoms with Crippen molar-refractivity contribution >= 4 is 5.84 Å². The van der Waals surface area contributed by atoms with Gasteiger partial charge in [0.2, 0.25) is 0 Å². The molecule has 1 heterocycles. The molecular weight excluding hydrogens is 296 g/mol. The van der Waals surface area contributed by atoms with Gasteiger partial charge in [-0.15, -0.1) is 0 Å². The Labute approximate surface area is 150 Å². The van der Waals surface area contributed by atoms with Crippen LogP contribution in [0.2, 0.25) is 0 Å². The average Bonchev–Trinajstić information content (AvgIpc) is 3.03. The van der Waals surface area contributed by atoms with E-state index in [4.69, 9.17) is 5.11 Å². The van der Waals surface area contributed by atoms with Crippen molar-refractivity contribution < 1.29 is 5.11 Å². The summed E-state index contributed by atoms with van der Waals surface area (Å²) in [6.45, 7) is 5.18. The van der Waals surface area contributed by atoms with E-state index in [0.717, 1.165) is 26.1 Å². The van der Waals surface area contributed by atoms with Crippen molar-refractivity contribution in [2.75, 3.05) is 26.2 Å². The topological polar surface area (TPSA) is 35.8 Å². The third kappa shape index (κ3) is 10.9. The van der Waals surface area contributed by atoms with Crippen LogP contribution in [-0.2, 0) is 0 Å². The Hall–Kier alpha value is -0.830. The maximum absolute atomic E-state index is 9.04. The van der Waals surface area contributed by atoms with Crippen LogP contribution in [0.15, 0.2) is 17.1 Å². The Morgan fingerprint density at radius 2 is 1.54 bits per heavy atom. The summed E-state index contributed by atoms with van der Waals surface area (Å²) in [5.74, 6) is 1.22.